The van der Waals surface area contributed by atoms with E-state index in [4.69, 9.17) is 4.74 Å². The Kier molecular flexibility index (Phi) is 20.8. The van der Waals surface area contributed by atoms with E-state index in [2.05, 4.69) is 100 Å². The van der Waals surface area contributed by atoms with Gasteiger partial charge in [-0.3, -0.25) is 14.3 Å². The van der Waals surface area contributed by atoms with Gasteiger partial charge in [0.15, 0.2) is 5.78 Å². The van der Waals surface area contributed by atoms with Crippen LogP contribution in [0.4, 0.5) is 17.2 Å². The Hall–Kier alpha value is -4.87. The molecule has 0 saturated carbocycles. The molecular formula is C40H48N4O5S2. The van der Waals surface area contributed by atoms with E-state index in [-0.39, 0.29) is 34.2 Å². The van der Waals surface area contributed by atoms with Crippen LogP contribution < -0.4 is 9.46 Å². The highest BCUT2D eigenvalue weighted by atomic mass is 32.2. The lowest BCUT2D eigenvalue weighted by Crippen LogP contribution is -2.13. The predicted octanol–water partition coefficient (Wildman–Crippen LogP) is 10.9. The van der Waals surface area contributed by atoms with E-state index in [1.807, 2.05) is 0 Å². The number of allylic oxidation sites excluding steroid dienone is 10. The fraction of sp³-hybridized carbons (Fsp3) is 0.275. The van der Waals surface area contributed by atoms with E-state index in [0.29, 0.717) is 17.8 Å². The SMILES string of the molecule is CC/C=C\C/C=C\C/C=C\C/C=C\C/C=C\CCCC(=O)Oc1ccc(N=Nc2ccc(S(=O)(=O)Nc3ccccn3)cc2)cc1C(C)=O.CS. The van der Waals surface area contributed by atoms with Gasteiger partial charge >= 0.3 is 5.97 Å². The molecule has 9 nitrogen and oxygen atoms in total. The summed E-state index contributed by atoms with van der Waals surface area (Å²) in [5.74, 6) is -0.324. The van der Waals surface area contributed by atoms with Crippen molar-refractivity contribution in [1.29, 1.82) is 0 Å². The third-order valence-electron chi connectivity index (χ3n) is 6.81. The molecule has 3 rings (SSSR count). The second-order valence-electron chi connectivity index (χ2n) is 10.8. The van der Waals surface area contributed by atoms with Crippen molar-refractivity contribution in [1.82, 2.24) is 4.98 Å². The van der Waals surface area contributed by atoms with Gasteiger partial charge in [0.1, 0.15) is 11.6 Å². The molecule has 0 spiro atoms. The molecule has 1 aromatic heterocycles. The molecule has 270 valence electrons. The number of esters is 1. The quantitative estimate of drug-likeness (QED) is 0.0227. The molecule has 0 unspecified atom stereocenters. The van der Waals surface area contributed by atoms with Gasteiger partial charge < -0.3 is 4.74 Å². The number of thiol groups is 1. The van der Waals surface area contributed by atoms with E-state index in [1.54, 1.807) is 30.5 Å². The summed E-state index contributed by atoms with van der Waals surface area (Å²) in [7, 11) is -3.82. The number of rotatable bonds is 20. The van der Waals surface area contributed by atoms with Gasteiger partial charge in [0.2, 0.25) is 0 Å². The van der Waals surface area contributed by atoms with Crippen molar-refractivity contribution in [3.05, 3.63) is 133 Å². The third-order valence-corrected chi connectivity index (χ3v) is 8.18. The molecule has 11 heteroatoms. The number of ketones is 1. The number of sulfonamides is 1. The van der Waals surface area contributed by atoms with Crippen LogP contribution in [0.3, 0.4) is 0 Å². The van der Waals surface area contributed by atoms with E-state index < -0.39 is 16.0 Å². The average molecular weight is 729 g/mol. The van der Waals surface area contributed by atoms with Crippen LogP contribution in [0.25, 0.3) is 0 Å². The number of unbranched alkanes of at least 4 members (excludes halogenated alkanes) is 1. The highest BCUT2D eigenvalue weighted by Crippen LogP contribution is 2.28. The molecule has 0 fully saturated rings. The minimum Gasteiger partial charge on any atom is -0.426 e. The fourth-order valence-electron chi connectivity index (χ4n) is 4.28. The van der Waals surface area contributed by atoms with Crippen molar-refractivity contribution in [2.24, 2.45) is 10.2 Å². The summed E-state index contributed by atoms with van der Waals surface area (Å²) >= 11 is 3.53. The minimum atomic E-state index is -3.82. The Bertz CT molecular complexity index is 1780. The maximum atomic E-state index is 12.6. The summed E-state index contributed by atoms with van der Waals surface area (Å²) in [5, 5.41) is 8.31. The summed E-state index contributed by atoms with van der Waals surface area (Å²) in [6.45, 7) is 3.52. The van der Waals surface area contributed by atoms with E-state index in [1.165, 1.54) is 49.5 Å². The second-order valence-corrected chi connectivity index (χ2v) is 12.5. The molecule has 0 bridgehead atoms. The first-order chi connectivity index (χ1) is 24.8. The first-order valence-corrected chi connectivity index (χ1v) is 19.2. The van der Waals surface area contributed by atoms with Gasteiger partial charge in [-0.25, -0.2) is 13.4 Å². The largest absolute Gasteiger partial charge is 0.426 e. The van der Waals surface area contributed by atoms with Crippen LogP contribution >= 0.6 is 12.6 Å². The van der Waals surface area contributed by atoms with Crippen molar-refractivity contribution in [2.45, 2.75) is 70.1 Å². The number of azo groups is 1. The molecule has 1 N–H and O–H groups in total. The standard InChI is InChI=1S/C39H44N4O5S.CH4S/c1-3-4-5-6-7-8-9-10-11-12-13-14-15-16-17-18-19-23-39(45)48-37-29-26-34(31-36(37)32(2)44)42-41-33-24-27-35(28-25-33)49(46,47)43-38-22-20-21-30-40-38;1-2/h4-5,7-8,10-11,13-14,16-17,20-22,24-31H,3,6,9,12,15,18-19,23H2,1-2H3,(H,40,43);2H,1H3/b5-4-,8-7-,11-10-,14-13-,17-16-,42-41?;. The first-order valence-electron chi connectivity index (χ1n) is 16.8. The number of aromatic nitrogens is 1. The van der Waals surface area contributed by atoms with Gasteiger partial charge in [0.25, 0.3) is 10.0 Å². The molecule has 2 aromatic carbocycles. The molecule has 0 aliphatic carbocycles. The number of hydrogen-bond donors (Lipinski definition) is 2. The Labute approximate surface area is 308 Å². The van der Waals surface area contributed by atoms with Crippen LogP contribution in [0, 0.1) is 0 Å². The molecule has 0 radical (unpaired) electrons. The first kappa shape index (κ1) is 42.3. The van der Waals surface area contributed by atoms with Gasteiger partial charge in [-0.05, 0) is 113 Å². The zero-order valence-corrected chi connectivity index (χ0v) is 31.2. The van der Waals surface area contributed by atoms with Gasteiger partial charge in [0, 0.05) is 12.6 Å². The number of Topliss-reactive ketones (excluding diaryl/α,β-unsaturated/α-hetero) is 1. The molecule has 0 saturated heterocycles. The minimum absolute atomic E-state index is 0.0417. The van der Waals surface area contributed by atoms with E-state index >= 15 is 0 Å². The Morgan fingerprint density at radius 1 is 0.784 bits per heavy atom. The summed E-state index contributed by atoms with van der Waals surface area (Å²) in [5.41, 5.74) is 0.991. The van der Waals surface area contributed by atoms with Crippen molar-refractivity contribution in [3.63, 3.8) is 0 Å². The number of nitrogens with zero attached hydrogens (tertiary/aromatic N) is 3. The highest BCUT2D eigenvalue weighted by molar-refractivity contribution is 7.92. The molecule has 3 aromatic rings. The molecule has 0 aliphatic rings. The number of carbonyl (C=O) groups is 2. The van der Waals surface area contributed by atoms with Crippen LogP contribution in [0.15, 0.2) is 143 Å². The number of nitrogens with one attached hydrogen (secondary N) is 1. The molecule has 0 aliphatic heterocycles. The average Bonchev–Trinajstić information content (AvgIpc) is 3.13. The predicted molar refractivity (Wildman–Crippen MR) is 211 cm³/mol. The fourth-order valence-corrected chi connectivity index (χ4v) is 5.29. The zero-order chi connectivity index (χ0) is 37.2. The Balaban J connectivity index is 0.00000442. The van der Waals surface area contributed by atoms with Crippen molar-refractivity contribution in [3.8, 4) is 5.75 Å². The van der Waals surface area contributed by atoms with Crippen molar-refractivity contribution >= 4 is 51.6 Å². The Morgan fingerprint density at radius 2 is 1.35 bits per heavy atom. The lowest BCUT2D eigenvalue weighted by Gasteiger charge is -2.08. The van der Waals surface area contributed by atoms with Gasteiger partial charge in [-0.1, -0.05) is 73.8 Å². The number of anilines is 1. The summed E-state index contributed by atoms with van der Waals surface area (Å²) in [6.07, 6.45) is 31.0. The van der Waals surface area contributed by atoms with Crippen molar-refractivity contribution < 1.29 is 22.7 Å². The number of pyridine rings is 1. The smallest absolute Gasteiger partial charge is 0.311 e. The van der Waals surface area contributed by atoms with Crippen LogP contribution in [0.1, 0.15) is 75.6 Å². The van der Waals surface area contributed by atoms with Crippen LogP contribution in [-0.2, 0) is 14.8 Å². The Morgan fingerprint density at radius 3 is 1.92 bits per heavy atom. The van der Waals surface area contributed by atoms with Crippen molar-refractivity contribution in [2.75, 3.05) is 11.0 Å². The molecule has 0 amide bonds. The normalized spacial score (nSPS) is 12.0. The lowest BCUT2D eigenvalue weighted by atomic mass is 10.1. The van der Waals surface area contributed by atoms with Gasteiger partial charge in [-0.15, -0.1) is 0 Å². The summed E-state index contributed by atoms with van der Waals surface area (Å²) in [6, 6.07) is 15.4. The zero-order valence-electron chi connectivity index (χ0n) is 29.5. The maximum Gasteiger partial charge on any atom is 0.311 e. The molecule has 0 atom stereocenters. The molecule has 1 heterocycles. The number of benzene rings is 2. The maximum absolute atomic E-state index is 12.6. The van der Waals surface area contributed by atoms with Gasteiger partial charge in [-0.2, -0.15) is 22.9 Å². The summed E-state index contributed by atoms with van der Waals surface area (Å²) < 4.78 is 33.1. The molecular weight excluding hydrogens is 681 g/mol. The monoisotopic (exact) mass is 728 g/mol. The van der Waals surface area contributed by atoms with Gasteiger partial charge in [0.05, 0.1) is 21.8 Å². The van der Waals surface area contributed by atoms with Crippen LogP contribution in [0.2, 0.25) is 0 Å². The number of hydrogen-bond acceptors (Lipinski definition) is 9. The summed E-state index contributed by atoms with van der Waals surface area (Å²) in [4.78, 5) is 28.8. The second kappa shape index (κ2) is 25.1. The topological polar surface area (TPSA) is 127 Å². The number of carbonyl (C=O) groups excluding carboxylic acids is 2. The van der Waals surface area contributed by atoms with E-state index in [0.717, 1.165) is 38.5 Å². The highest BCUT2D eigenvalue weighted by Gasteiger charge is 2.15. The molecule has 51 heavy (non-hydrogen) atoms. The lowest BCUT2D eigenvalue weighted by molar-refractivity contribution is -0.134. The van der Waals surface area contributed by atoms with Crippen LogP contribution in [0.5, 0.6) is 5.75 Å². The van der Waals surface area contributed by atoms with Crippen LogP contribution in [-0.4, -0.2) is 31.4 Å². The number of ether oxygens (including phenoxy) is 1. The third kappa shape index (κ3) is 17.6. The van der Waals surface area contributed by atoms with E-state index in [9.17, 15) is 18.0 Å².